The predicted octanol–water partition coefficient (Wildman–Crippen LogP) is 1.10. The third kappa shape index (κ3) is 3.49. The summed E-state index contributed by atoms with van der Waals surface area (Å²) in [5, 5.41) is 9.65. The third-order valence-corrected chi connectivity index (χ3v) is 6.12. The summed E-state index contributed by atoms with van der Waals surface area (Å²) in [4.78, 5) is 11.9. The molecule has 1 amide bonds. The highest BCUT2D eigenvalue weighted by molar-refractivity contribution is 7.89. The molecule has 0 radical (unpaired) electrons. The number of sulfonamides is 1. The molecule has 0 unspecified atom stereocenters. The van der Waals surface area contributed by atoms with Crippen molar-refractivity contribution in [2.75, 3.05) is 13.1 Å². The fourth-order valence-corrected chi connectivity index (χ4v) is 4.62. The molecule has 1 fully saturated rings. The lowest BCUT2D eigenvalue weighted by Crippen LogP contribution is -2.46. The summed E-state index contributed by atoms with van der Waals surface area (Å²) in [7, 11) is -3.52. The number of aryl methyl sites for hydroxylation is 2. The molecule has 0 atom stereocenters. The molecule has 0 aliphatic carbocycles. The van der Waals surface area contributed by atoms with E-state index in [1.165, 1.54) is 4.31 Å². The lowest BCUT2D eigenvalue weighted by Gasteiger charge is -2.31. The van der Waals surface area contributed by atoms with Crippen molar-refractivity contribution >= 4 is 15.9 Å². The Labute approximate surface area is 131 Å². The SMILES string of the molecule is CCCC(=O)NC1CCN(S(=O)(=O)c2c(C)n[nH]c2C)CC1. The number of hydrogen-bond acceptors (Lipinski definition) is 4. The van der Waals surface area contributed by atoms with Crippen LogP contribution in [0, 0.1) is 13.8 Å². The van der Waals surface area contributed by atoms with Crippen molar-refractivity contribution in [3.63, 3.8) is 0 Å². The van der Waals surface area contributed by atoms with Crippen LogP contribution in [0.2, 0.25) is 0 Å². The monoisotopic (exact) mass is 328 g/mol. The summed E-state index contributed by atoms with van der Waals surface area (Å²) in [6, 6.07) is 0.0667. The molecule has 1 aliphatic heterocycles. The van der Waals surface area contributed by atoms with Crippen LogP contribution in [0.25, 0.3) is 0 Å². The van der Waals surface area contributed by atoms with Crippen molar-refractivity contribution in [1.29, 1.82) is 0 Å². The number of hydrogen-bond donors (Lipinski definition) is 2. The number of H-pyrrole nitrogens is 1. The van der Waals surface area contributed by atoms with Crippen molar-refractivity contribution in [3.8, 4) is 0 Å². The Bertz CT molecular complexity index is 611. The van der Waals surface area contributed by atoms with Gasteiger partial charge in [0.25, 0.3) is 0 Å². The van der Waals surface area contributed by atoms with E-state index in [1.54, 1.807) is 13.8 Å². The quantitative estimate of drug-likeness (QED) is 0.846. The summed E-state index contributed by atoms with van der Waals surface area (Å²) in [5.41, 5.74) is 1.06. The zero-order valence-electron chi connectivity index (χ0n) is 13.3. The number of nitrogens with zero attached hydrogens (tertiary/aromatic N) is 2. The Morgan fingerprint density at radius 3 is 2.50 bits per heavy atom. The highest BCUT2D eigenvalue weighted by Gasteiger charge is 2.33. The molecule has 1 aromatic rings. The molecular formula is C14H24N4O3S. The molecule has 2 heterocycles. The normalized spacial score (nSPS) is 17.6. The van der Waals surface area contributed by atoms with Crippen LogP contribution in [-0.2, 0) is 14.8 Å². The molecule has 0 saturated carbocycles. The number of amides is 1. The van der Waals surface area contributed by atoms with E-state index in [0.29, 0.717) is 43.7 Å². The van der Waals surface area contributed by atoms with Crippen LogP contribution in [0.3, 0.4) is 0 Å². The smallest absolute Gasteiger partial charge is 0.246 e. The first-order valence-corrected chi connectivity index (χ1v) is 9.11. The minimum absolute atomic E-state index is 0.0466. The Balaban J connectivity index is 2.01. The van der Waals surface area contributed by atoms with E-state index in [1.807, 2.05) is 6.92 Å². The number of aromatic nitrogens is 2. The second-order valence-corrected chi connectivity index (χ2v) is 7.63. The van der Waals surface area contributed by atoms with Crippen LogP contribution >= 0.6 is 0 Å². The van der Waals surface area contributed by atoms with Crippen molar-refractivity contribution in [2.24, 2.45) is 0 Å². The van der Waals surface area contributed by atoms with Gasteiger partial charge >= 0.3 is 0 Å². The second-order valence-electron chi connectivity index (χ2n) is 5.76. The van der Waals surface area contributed by atoms with Gasteiger partial charge in [0.1, 0.15) is 4.90 Å². The van der Waals surface area contributed by atoms with Gasteiger partial charge in [-0.1, -0.05) is 6.92 Å². The third-order valence-electron chi connectivity index (χ3n) is 3.95. The molecule has 0 bridgehead atoms. The van der Waals surface area contributed by atoms with Crippen molar-refractivity contribution in [3.05, 3.63) is 11.4 Å². The molecule has 7 nitrogen and oxygen atoms in total. The van der Waals surface area contributed by atoms with E-state index < -0.39 is 10.0 Å². The van der Waals surface area contributed by atoms with Crippen LogP contribution in [-0.4, -0.2) is 48.0 Å². The molecule has 1 aromatic heterocycles. The first kappa shape index (κ1) is 17.0. The Morgan fingerprint density at radius 1 is 1.36 bits per heavy atom. The fourth-order valence-electron chi connectivity index (χ4n) is 2.82. The van der Waals surface area contributed by atoms with Gasteiger partial charge < -0.3 is 5.32 Å². The van der Waals surface area contributed by atoms with Crippen LogP contribution in [0.15, 0.2) is 4.90 Å². The van der Waals surface area contributed by atoms with E-state index >= 15 is 0 Å². The molecule has 2 rings (SSSR count). The molecule has 8 heteroatoms. The standard InChI is InChI=1S/C14H24N4O3S/c1-4-5-13(19)15-12-6-8-18(9-7-12)22(20,21)14-10(2)16-17-11(14)3/h12H,4-9H2,1-3H3,(H,15,19)(H,16,17). The molecule has 124 valence electrons. The first-order chi connectivity index (χ1) is 10.4. The lowest BCUT2D eigenvalue weighted by molar-refractivity contribution is -0.122. The van der Waals surface area contributed by atoms with E-state index in [-0.39, 0.29) is 16.8 Å². The van der Waals surface area contributed by atoms with Gasteiger partial charge in [0.05, 0.1) is 11.4 Å². The number of rotatable bonds is 5. The molecule has 1 aliphatic rings. The summed E-state index contributed by atoms with van der Waals surface area (Å²) < 4.78 is 26.9. The average Bonchev–Trinajstić information content (AvgIpc) is 2.79. The Morgan fingerprint density at radius 2 is 2.00 bits per heavy atom. The predicted molar refractivity (Wildman–Crippen MR) is 82.9 cm³/mol. The molecule has 0 spiro atoms. The van der Waals surface area contributed by atoms with Crippen molar-refractivity contribution in [2.45, 2.75) is 57.4 Å². The van der Waals surface area contributed by atoms with Crippen molar-refractivity contribution in [1.82, 2.24) is 19.8 Å². The minimum Gasteiger partial charge on any atom is -0.353 e. The van der Waals surface area contributed by atoms with Gasteiger partial charge in [0.2, 0.25) is 15.9 Å². The van der Waals surface area contributed by atoms with E-state index in [9.17, 15) is 13.2 Å². The number of carbonyl (C=O) groups excluding carboxylic acids is 1. The molecule has 0 aromatic carbocycles. The summed E-state index contributed by atoms with van der Waals surface area (Å²) in [6.45, 7) is 6.20. The van der Waals surface area contributed by atoms with Crippen LogP contribution in [0.5, 0.6) is 0 Å². The van der Waals surface area contributed by atoms with E-state index in [4.69, 9.17) is 0 Å². The van der Waals surface area contributed by atoms with Crippen LogP contribution in [0.4, 0.5) is 0 Å². The maximum Gasteiger partial charge on any atom is 0.246 e. The van der Waals surface area contributed by atoms with Gasteiger partial charge in [-0.25, -0.2) is 8.42 Å². The first-order valence-electron chi connectivity index (χ1n) is 7.67. The number of carbonyl (C=O) groups is 1. The zero-order chi connectivity index (χ0) is 16.3. The van der Waals surface area contributed by atoms with Gasteiger partial charge in [0.15, 0.2) is 0 Å². The highest BCUT2D eigenvalue weighted by Crippen LogP contribution is 2.24. The molecule has 1 saturated heterocycles. The zero-order valence-corrected chi connectivity index (χ0v) is 14.2. The Kier molecular flexibility index (Phi) is 5.23. The maximum atomic E-state index is 12.7. The summed E-state index contributed by atoms with van der Waals surface area (Å²) in [5.74, 6) is 0.0466. The van der Waals surface area contributed by atoms with Gasteiger partial charge in [-0.3, -0.25) is 9.89 Å². The summed E-state index contributed by atoms with van der Waals surface area (Å²) in [6.07, 6.45) is 2.62. The Hall–Kier alpha value is -1.41. The second kappa shape index (κ2) is 6.78. The minimum atomic E-state index is -3.52. The van der Waals surface area contributed by atoms with Gasteiger partial charge in [-0.2, -0.15) is 9.40 Å². The number of aromatic amines is 1. The van der Waals surface area contributed by atoms with Crippen molar-refractivity contribution < 1.29 is 13.2 Å². The maximum absolute atomic E-state index is 12.7. The molecule has 2 N–H and O–H groups in total. The van der Waals surface area contributed by atoms with Crippen LogP contribution < -0.4 is 5.32 Å². The number of nitrogens with one attached hydrogen (secondary N) is 2. The topological polar surface area (TPSA) is 95.2 Å². The summed E-state index contributed by atoms with van der Waals surface area (Å²) >= 11 is 0. The number of piperidine rings is 1. The lowest BCUT2D eigenvalue weighted by atomic mass is 10.1. The molecule has 22 heavy (non-hydrogen) atoms. The average molecular weight is 328 g/mol. The van der Waals surface area contributed by atoms with Crippen LogP contribution in [0.1, 0.15) is 44.0 Å². The largest absolute Gasteiger partial charge is 0.353 e. The highest BCUT2D eigenvalue weighted by atomic mass is 32.2. The van der Waals surface area contributed by atoms with E-state index in [0.717, 1.165) is 6.42 Å². The molecular weight excluding hydrogens is 304 g/mol. The van der Waals surface area contributed by atoms with Gasteiger partial charge in [-0.15, -0.1) is 0 Å². The fraction of sp³-hybridized carbons (Fsp3) is 0.714. The van der Waals surface area contributed by atoms with Gasteiger partial charge in [-0.05, 0) is 33.1 Å². The van der Waals surface area contributed by atoms with Gasteiger partial charge in [0, 0.05) is 25.6 Å². The van der Waals surface area contributed by atoms with E-state index in [2.05, 4.69) is 15.5 Å².